The second kappa shape index (κ2) is 6.12. The van der Waals surface area contributed by atoms with Crippen molar-refractivity contribution < 1.29 is 0 Å². The maximum atomic E-state index is 2.66. The second-order valence-corrected chi connectivity index (χ2v) is 8.51. The van der Waals surface area contributed by atoms with Gasteiger partial charge in [0.15, 0.2) is 0 Å². The van der Waals surface area contributed by atoms with E-state index in [0.717, 1.165) is 5.92 Å². The number of likely N-dealkylation sites (tertiary alicyclic amines) is 1. The van der Waals surface area contributed by atoms with Crippen molar-refractivity contribution in [3.63, 3.8) is 0 Å². The molecule has 1 aromatic carbocycles. The van der Waals surface area contributed by atoms with Gasteiger partial charge in [-0.1, -0.05) is 72.2 Å². The van der Waals surface area contributed by atoms with Crippen molar-refractivity contribution in [2.75, 3.05) is 19.6 Å². The fraction of sp³-hybridized carbons (Fsp3) is 0.700. The van der Waals surface area contributed by atoms with Gasteiger partial charge in [0, 0.05) is 18.5 Å². The minimum atomic E-state index is 0.235. The highest BCUT2D eigenvalue weighted by atomic mass is 15.1. The van der Waals surface area contributed by atoms with E-state index in [2.05, 4.69) is 70.7 Å². The molecular formula is C20H33N. The lowest BCUT2D eigenvalue weighted by molar-refractivity contribution is 0.259. The van der Waals surface area contributed by atoms with Gasteiger partial charge in [-0.15, -0.1) is 0 Å². The first-order valence-electron chi connectivity index (χ1n) is 8.56. The Morgan fingerprint density at radius 2 is 1.57 bits per heavy atom. The number of hydrogen-bond donors (Lipinski definition) is 0. The van der Waals surface area contributed by atoms with E-state index in [1.54, 1.807) is 0 Å². The summed E-state index contributed by atoms with van der Waals surface area (Å²) in [5, 5.41) is 0. The van der Waals surface area contributed by atoms with Gasteiger partial charge in [-0.25, -0.2) is 0 Å². The van der Waals surface area contributed by atoms with Crippen LogP contribution in [0.3, 0.4) is 0 Å². The van der Waals surface area contributed by atoms with Crippen molar-refractivity contribution in [1.29, 1.82) is 0 Å². The molecule has 21 heavy (non-hydrogen) atoms. The molecule has 118 valence electrons. The van der Waals surface area contributed by atoms with Crippen molar-refractivity contribution in [2.45, 2.75) is 65.2 Å². The summed E-state index contributed by atoms with van der Waals surface area (Å²) in [6.45, 7) is 17.7. The molecule has 0 aliphatic carbocycles. The van der Waals surface area contributed by atoms with Crippen molar-refractivity contribution in [3.8, 4) is 0 Å². The van der Waals surface area contributed by atoms with E-state index in [-0.39, 0.29) is 10.8 Å². The lowest BCUT2D eigenvalue weighted by Crippen LogP contribution is -2.35. The number of hydrogen-bond acceptors (Lipinski definition) is 1. The molecule has 1 aromatic rings. The van der Waals surface area contributed by atoms with E-state index in [9.17, 15) is 0 Å². The fourth-order valence-corrected chi connectivity index (χ4v) is 3.46. The normalized spacial score (nSPS) is 21.0. The number of nitrogens with zero attached hydrogens (tertiary/aromatic N) is 1. The van der Waals surface area contributed by atoms with E-state index >= 15 is 0 Å². The summed E-state index contributed by atoms with van der Waals surface area (Å²) in [6.07, 6.45) is 2.72. The Labute approximate surface area is 131 Å². The zero-order valence-corrected chi connectivity index (χ0v) is 14.9. The van der Waals surface area contributed by atoms with Gasteiger partial charge in [-0.2, -0.15) is 0 Å². The van der Waals surface area contributed by atoms with E-state index in [4.69, 9.17) is 0 Å². The molecule has 1 aliphatic rings. The molecular weight excluding hydrogens is 254 g/mol. The van der Waals surface area contributed by atoms with E-state index in [1.165, 1.54) is 43.6 Å². The van der Waals surface area contributed by atoms with E-state index in [1.807, 2.05) is 0 Å². The Bertz CT molecular complexity index is 450. The molecule has 0 saturated carbocycles. The third-order valence-electron chi connectivity index (χ3n) is 5.10. The summed E-state index contributed by atoms with van der Waals surface area (Å²) in [5.74, 6) is 0.920. The summed E-state index contributed by atoms with van der Waals surface area (Å²) in [7, 11) is 0. The van der Waals surface area contributed by atoms with Crippen LogP contribution in [-0.4, -0.2) is 24.5 Å². The fourth-order valence-electron chi connectivity index (χ4n) is 3.46. The number of rotatable bonds is 4. The first kappa shape index (κ1) is 16.5. The quantitative estimate of drug-likeness (QED) is 0.754. The Morgan fingerprint density at radius 3 is 2.05 bits per heavy atom. The molecule has 0 bridgehead atoms. The van der Waals surface area contributed by atoms with Crippen LogP contribution in [0.5, 0.6) is 0 Å². The van der Waals surface area contributed by atoms with Crippen molar-refractivity contribution >= 4 is 0 Å². The molecule has 1 saturated heterocycles. The van der Waals surface area contributed by atoms with Crippen LogP contribution < -0.4 is 0 Å². The highest BCUT2D eigenvalue weighted by Crippen LogP contribution is 2.30. The molecule has 0 N–H and O–H groups in total. The van der Waals surface area contributed by atoms with Crippen LogP contribution in [0.2, 0.25) is 0 Å². The largest absolute Gasteiger partial charge is 0.302 e. The zero-order chi connectivity index (χ0) is 15.7. The van der Waals surface area contributed by atoms with E-state index in [0.29, 0.717) is 0 Å². The molecule has 1 nitrogen and oxygen atoms in total. The first-order chi connectivity index (χ1) is 9.72. The van der Waals surface area contributed by atoms with Gasteiger partial charge in [0.1, 0.15) is 0 Å². The minimum absolute atomic E-state index is 0.235. The molecule has 0 aromatic heterocycles. The molecule has 1 atom stereocenters. The Morgan fingerprint density at radius 1 is 1.00 bits per heavy atom. The number of benzene rings is 1. The SMILES string of the molecule is CC[C@H]1CCN(CC(C)(C)c2ccc(C(C)(C)C)cc2)C1. The maximum absolute atomic E-state index is 2.66. The topological polar surface area (TPSA) is 3.24 Å². The second-order valence-electron chi connectivity index (χ2n) is 8.51. The molecule has 1 heterocycles. The van der Waals surface area contributed by atoms with Crippen LogP contribution in [0.4, 0.5) is 0 Å². The lowest BCUT2D eigenvalue weighted by atomic mass is 9.81. The standard InChI is InChI=1S/C20H33N/c1-7-16-12-13-21(14-16)15-20(5,6)18-10-8-17(9-11-18)19(2,3)4/h8-11,16H,7,12-15H2,1-6H3/t16-/m0/s1. The van der Waals surface area contributed by atoms with Crippen LogP contribution in [-0.2, 0) is 10.8 Å². The van der Waals surface area contributed by atoms with E-state index < -0.39 is 0 Å². The molecule has 0 unspecified atom stereocenters. The Balaban J connectivity index is 2.05. The van der Waals surface area contributed by atoms with Gasteiger partial charge in [-0.05, 0) is 35.4 Å². The summed E-state index contributed by atoms with van der Waals surface area (Å²) in [5.41, 5.74) is 3.37. The van der Waals surface area contributed by atoms with Gasteiger partial charge in [0.05, 0.1) is 0 Å². The van der Waals surface area contributed by atoms with Gasteiger partial charge >= 0.3 is 0 Å². The van der Waals surface area contributed by atoms with Gasteiger partial charge < -0.3 is 4.90 Å². The summed E-state index contributed by atoms with van der Waals surface area (Å²) in [6, 6.07) is 9.31. The van der Waals surface area contributed by atoms with Crippen LogP contribution in [0.1, 0.15) is 65.5 Å². The average molecular weight is 287 g/mol. The Hall–Kier alpha value is -0.820. The third-order valence-corrected chi connectivity index (χ3v) is 5.10. The van der Waals surface area contributed by atoms with Gasteiger partial charge in [0.2, 0.25) is 0 Å². The predicted octanol–water partition coefficient (Wildman–Crippen LogP) is 4.99. The Kier molecular flexibility index (Phi) is 4.82. The molecule has 1 heteroatoms. The third kappa shape index (κ3) is 4.10. The average Bonchev–Trinajstić information content (AvgIpc) is 2.85. The molecule has 2 rings (SSSR count). The predicted molar refractivity (Wildman–Crippen MR) is 93.0 cm³/mol. The van der Waals surface area contributed by atoms with Crippen molar-refractivity contribution in [3.05, 3.63) is 35.4 Å². The van der Waals surface area contributed by atoms with Crippen LogP contribution in [0.25, 0.3) is 0 Å². The smallest absolute Gasteiger partial charge is 0.00734 e. The van der Waals surface area contributed by atoms with Crippen molar-refractivity contribution in [2.24, 2.45) is 5.92 Å². The molecule has 0 radical (unpaired) electrons. The highest BCUT2D eigenvalue weighted by molar-refractivity contribution is 5.31. The summed E-state index contributed by atoms with van der Waals surface area (Å²) in [4.78, 5) is 2.66. The highest BCUT2D eigenvalue weighted by Gasteiger charge is 2.28. The first-order valence-corrected chi connectivity index (χ1v) is 8.56. The maximum Gasteiger partial charge on any atom is 0.00734 e. The molecule has 0 amide bonds. The van der Waals surface area contributed by atoms with Crippen LogP contribution in [0, 0.1) is 5.92 Å². The summed E-state index contributed by atoms with van der Waals surface area (Å²) >= 11 is 0. The monoisotopic (exact) mass is 287 g/mol. The molecule has 1 fully saturated rings. The molecule has 1 aliphatic heterocycles. The zero-order valence-electron chi connectivity index (χ0n) is 14.9. The lowest BCUT2D eigenvalue weighted by Gasteiger charge is -2.31. The van der Waals surface area contributed by atoms with Crippen molar-refractivity contribution in [1.82, 2.24) is 4.90 Å². The molecule has 0 spiro atoms. The van der Waals surface area contributed by atoms with Crippen LogP contribution in [0.15, 0.2) is 24.3 Å². The summed E-state index contributed by atoms with van der Waals surface area (Å²) < 4.78 is 0. The van der Waals surface area contributed by atoms with Gasteiger partial charge in [-0.3, -0.25) is 0 Å². The van der Waals surface area contributed by atoms with Crippen LogP contribution >= 0.6 is 0 Å². The van der Waals surface area contributed by atoms with Gasteiger partial charge in [0.25, 0.3) is 0 Å². The minimum Gasteiger partial charge on any atom is -0.302 e.